The Bertz CT molecular complexity index is 519. The van der Waals surface area contributed by atoms with E-state index in [0.29, 0.717) is 10.8 Å². The van der Waals surface area contributed by atoms with Gasteiger partial charge >= 0.3 is 0 Å². The summed E-state index contributed by atoms with van der Waals surface area (Å²) in [4.78, 5) is 5.25. The molecule has 1 aromatic carbocycles. The lowest BCUT2D eigenvalue weighted by Gasteiger charge is -2.06. The third-order valence-electron chi connectivity index (χ3n) is 1.90. The number of halogens is 2. The number of hydrogen-bond acceptors (Lipinski definition) is 3. The Morgan fingerprint density at radius 3 is 2.69 bits per heavy atom. The molecule has 1 aromatic heterocycles. The van der Waals surface area contributed by atoms with Gasteiger partial charge in [-0.15, -0.1) is 0 Å². The van der Waals surface area contributed by atoms with E-state index in [1.54, 1.807) is 12.1 Å². The van der Waals surface area contributed by atoms with Crippen molar-refractivity contribution in [3.8, 4) is 0 Å². The van der Waals surface area contributed by atoms with Crippen molar-refractivity contribution in [2.24, 2.45) is 0 Å². The van der Waals surface area contributed by atoms with Crippen molar-refractivity contribution in [2.45, 2.75) is 9.92 Å². The molecule has 0 aliphatic carbocycles. The standard InChI is InChI=1S/C11H8BrClN2S/c12-7-3-1-2-4-9(7)16-11-8(14)5-6-10(13)15-11/h1-6H,14H2. The molecule has 0 aliphatic rings. The molecule has 2 nitrogen and oxygen atoms in total. The average molecular weight is 316 g/mol. The van der Waals surface area contributed by atoms with E-state index < -0.39 is 0 Å². The first kappa shape index (κ1) is 11.8. The second-order valence-electron chi connectivity index (χ2n) is 3.06. The molecule has 0 amide bonds. The number of hydrogen-bond donors (Lipinski definition) is 1. The number of nitrogens with two attached hydrogens (primary N) is 1. The van der Waals surface area contributed by atoms with E-state index in [0.717, 1.165) is 14.4 Å². The first-order valence-electron chi connectivity index (χ1n) is 4.51. The van der Waals surface area contributed by atoms with Gasteiger partial charge in [0.05, 0.1) is 5.69 Å². The molecule has 0 radical (unpaired) electrons. The molecule has 0 aliphatic heterocycles. The number of nitrogens with zero attached hydrogens (tertiary/aromatic N) is 1. The van der Waals surface area contributed by atoms with E-state index in [2.05, 4.69) is 20.9 Å². The van der Waals surface area contributed by atoms with Crippen LogP contribution in [-0.2, 0) is 0 Å². The number of anilines is 1. The molecule has 0 saturated heterocycles. The largest absolute Gasteiger partial charge is 0.397 e. The molecule has 0 atom stereocenters. The summed E-state index contributed by atoms with van der Waals surface area (Å²) in [6.45, 7) is 0. The third-order valence-corrected chi connectivity index (χ3v) is 4.16. The van der Waals surface area contributed by atoms with Crippen LogP contribution in [-0.4, -0.2) is 4.98 Å². The average Bonchev–Trinajstić information content (AvgIpc) is 2.27. The van der Waals surface area contributed by atoms with Gasteiger partial charge in [0.25, 0.3) is 0 Å². The Morgan fingerprint density at radius 1 is 1.19 bits per heavy atom. The Hall–Kier alpha value is -0.710. The molecule has 2 aromatic rings. The summed E-state index contributed by atoms with van der Waals surface area (Å²) in [5, 5.41) is 1.17. The zero-order valence-electron chi connectivity index (χ0n) is 8.15. The molecule has 1 heterocycles. The highest BCUT2D eigenvalue weighted by Crippen LogP contribution is 2.35. The molecule has 5 heteroatoms. The number of benzene rings is 1. The molecule has 0 saturated carbocycles. The van der Waals surface area contributed by atoms with E-state index in [9.17, 15) is 0 Å². The minimum Gasteiger partial charge on any atom is -0.397 e. The summed E-state index contributed by atoms with van der Waals surface area (Å²) in [5.74, 6) is 0. The highest BCUT2D eigenvalue weighted by molar-refractivity contribution is 9.10. The minimum absolute atomic E-state index is 0.448. The Kier molecular flexibility index (Phi) is 3.74. The highest BCUT2D eigenvalue weighted by Gasteiger charge is 2.06. The molecule has 0 fully saturated rings. The first-order chi connectivity index (χ1) is 7.66. The molecule has 16 heavy (non-hydrogen) atoms. The monoisotopic (exact) mass is 314 g/mol. The van der Waals surface area contributed by atoms with Crippen molar-refractivity contribution in [1.29, 1.82) is 0 Å². The third kappa shape index (κ3) is 2.70. The Labute approximate surface area is 111 Å². The highest BCUT2D eigenvalue weighted by atomic mass is 79.9. The lowest BCUT2D eigenvalue weighted by atomic mass is 10.4. The second kappa shape index (κ2) is 5.08. The molecular formula is C11H8BrClN2S. The van der Waals surface area contributed by atoms with E-state index in [1.807, 2.05) is 24.3 Å². The normalized spacial score (nSPS) is 10.4. The van der Waals surface area contributed by atoms with Gasteiger partial charge in [-0.1, -0.05) is 35.5 Å². The zero-order valence-corrected chi connectivity index (χ0v) is 11.3. The van der Waals surface area contributed by atoms with Gasteiger partial charge in [0.2, 0.25) is 0 Å². The SMILES string of the molecule is Nc1ccc(Cl)nc1Sc1ccccc1Br. The van der Waals surface area contributed by atoms with Crippen molar-refractivity contribution in [3.63, 3.8) is 0 Å². The van der Waals surface area contributed by atoms with Crippen LogP contribution in [0.15, 0.2) is 50.8 Å². The smallest absolute Gasteiger partial charge is 0.130 e. The van der Waals surface area contributed by atoms with Crippen LogP contribution in [0.4, 0.5) is 5.69 Å². The van der Waals surface area contributed by atoms with Crippen LogP contribution in [0.2, 0.25) is 5.15 Å². The summed E-state index contributed by atoms with van der Waals surface area (Å²) in [7, 11) is 0. The lowest BCUT2D eigenvalue weighted by Crippen LogP contribution is -1.91. The summed E-state index contributed by atoms with van der Waals surface area (Å²) < 4.78 is 1.01. The van der Waals surface area contributed by atoms with Gasteiger partial charge in [-0.3, -0.25) is 0 Å². The predicted molar refractivity (Wildman–Crippen MR) is 71.9 cm³/mol. The van der Waals surface area contributed by atoms with Crippen molar-refractivity contribution >= 4 is 45.0 Å². The minimum atomic E-state index is 0.448. The topological polar surface area (TPSA) is 38.9 Å². The van der Waals surface area contributed by atoms with Gasteiger partial charge < -0.3 is 5.73 Å². The van der Waals surface area contributed by atoms with Gasteiger partial charge in [-0.05, 0) is 40.2 Å². The molecular weight excluding hydrogens is 308 g/mol. The number of rotatable bonds is 2. The lowest BCUT2D eigenvalue weighted by molar-refractivity contribution is 1.14. The van der Waals surface area contributed by atoms with Crippen LogP contribution in [0.1, 0.15) is 0 Å². The fraction of sp³-hybridized carbons (Fsp3) is 0. The molecule has 2 rings (SSSR count). The number of pyridine rings is 1. The maximum atomic E-state index is 5.83. The quantitative estimate of drug-likeness (QED) is 0.843. The fourth-order valence-electron chi connectivity index (χ4n) is 1.14. The van der Waals surface area contributed by atoms with Crippen molar-refractivity contribution < 1.29 is 0 Å². The molecule has 0 bridgehead atoms. The predicted octanol–water partition coefficient (Wildman–Crippen LogP) is 4.23. The van der Waals surface area contributed by atoms with Crippen molar-refractivity contribution in [2.75, 3.05) is 5.73 Å². The maximum absolute atomic E-state index is 5.83. The van der Waals surface area contributed by atoms with Crippen LogP contribution in [0.3, 0.4) is 0 Å². The summed E-state index contributed by atoms with van der Waals surface area (Å²) in [6.07, 6.45) is 0. The van der Waals surface area contributed by atoms with E-state index >= 15 is 0 Å². The second-order valence-corrected chi connectivity index (χ2v) is 5.33. The van der Waals surface area contributed by atoms with Crippen molar-refractivity contribution in [1.82, 2.24) is 4.98 Å². The van der Waals surface area contributed by atoms with Gasteiger partial charge in [0, 0.05) is 9.37 Å². The van der Waals surface area contributed by atoms with E-state index in [-0.39, 0.29) is 0 Å². The van der Waals surface area contributed by atoms with Gasteiger partial charge in [0.1, 0.15) is 10.2 Å². The number of aromatic nitrogens is 1. The summed E-state index contributed by atoms with van der Waals surface area (Å²) in [5.41, 5.74) is 6.46. The van der Waals surface area contributed by atoms with E-state index in [1.165, 1.54) is 11.8 Å². The van der Waals surface area contributed by atoms with Crippen LogP contribution in [0, 0.1) is 0 Å². The van der Waals surface area contributed by atoms with Gasteiger partial charge in [0.15, 0.2) is 0 Å². The van der Waals surface area contributed by atoms with Gasteiger partial charge in [-0.2, -0.15) is 0 Å². The van der Waals surface area contributed by atoms with Crippen LogP contribution in [0.5, 0.6) is 0 Å². The van der Waals surface area contributed by atoms with Crippen LogP contribution < -0.4 is 5.73 Å². The van der Waals surface area contributed by atoms with Gasteiger partial charge in [-0.25, -0.2) is 4.98 Å². The fourth-order valence-corrected chi connectivity index (χ4v) is 2.72. The summed E-state index contributed by atoms with van der Waals surface area (Å²) >= 11 is 10.8. The Morgan fingerprint density at radius 2 is 1.94 bits per heavy atom. The molecule has 82 valence electrons. The van der Waals surface area contributed by atoms with Crippen LogP contribution >= 0.6 is 39.3 Å². The number of nitrogen functional groups attached to an aromatic ring is 1. The summed E-state index contributed by atoms with van der Waals surface area (Å²) in [6, 6.07) is 11.3. The van der Waals surface area contributed by atoms with E-state index in [4.69, 9.17) is 17.3 Å². The maximum Gasteiger partial charge on any atom is 0.130 e. The van der Waals surface area contributed by atoms with Crippen molar-refractivity contribution in [3.05, 3.63) is 46.0 Å². The molecule has 2 N–H and O–H groups in total. The first-order valence-corrected chi connectivity index (χ1v) is 6.50. The molecule has 0 spiro atoms. The molecule has 0 unspecified atom stereocenters. The zero-order chi connectivity index (χ0) is 11.5. The van der Waals surface area contributed by atoms with Crippen LogP contribution in [0.25, 0.3) is 0 Å². The Balaban J connectivity index is 2.34.